The van der Waals surface area contributed by atoms with Gasteiger partial charge < -0.3 is 16.4 Å². The molecule has 1 aromatic heterocycles. The molecule has 0 bridgehead atoms. The maximum atomic E-state index is 15.4. The monoisotopic (exact) mass is 404 g/mol. The summed E-state index contributed by atoms with van der Waals surface area (Å²) >= 11 is 6.16. The molecule has 28 heavy (non-hydrogen) atoms. The number of ketones is 1. The summed E-state index contributed by atoms with van der Waals surface area (Å²) in [6, 6.07) is 5.51. The predicted molar refractivity (Wildman–Crippen MR) is 106 cm³/mol. The van der Waals surface area contributed by atoms with Gasteiger partial charge in [0.05, 0.1) is 10.6 Å². The first-order valence-corrected chi connectivity index (χ1v) is 9.49. The molecule has 4 N–H and O–H groups in total. The van der Waals surface area contributed by atoms with Crippen molar-refractivity contribution in [1.29, 1.82) is 0 Å². The van der Waals surface area contributed by atoms with Gasteiger partial charge in [0.1, 0.15) is 11.6 Å². The van der Waals surface area contributed by atoms with Crippen LogP contribution in [0.3, 0.4) is 0 Å². The second kappa shape index (κ2) is 8.24. The molecule has 3 rings (SSSR count). The van der Waals surface area contributed by atoms with Crippen LogP contribution in [-0.4, -0.2) is 28.8 Å². The van der Waals surface area contributed by atoms with Crippen molar-refractivity contribution in [3.63, 3.8) is 0 Å². The highest BCUT2D eigenvalue weighted by molar-refractivity contribution is 6.35. The van der Waals surface area contributed by atoms with Gasteiger partial charge in [0.15, 0.2) is 5.78 Å². The van der Waals surface area contributed by atoms with E-state index in [9.17, 15) is 9.59 Å². The molecule has 1 saturated heterocycles. The number of halogens is 2. The van der Waals surface area contributed by atoms with Gasteiger partial charge in [0, 0.05) is 41.9 Å². The number of nitrogen functional groups attached to an aromatic ring is 1. The van der Waals surface area contributed by atoms with Gasteiger partial charge >= 0.3 is 0 Å². The number of hydrogen-bond donors (Lipinski definition) is 3. The number of nitrogens with two attached hydrogens (primary N) is 1. The van der Waals surface area contributed by atoms with Gasteiger partial charge in [0.25, 0.3) is 0 Å². The molecule has 0 saturated carbocycles. The predicted octanol–water partition coefficient (Wildman–Crippen LogP) is 3.01. The number of hydrogen-bond acceptors (Lipinski definition) is 5. The highest BCUT2D eigenvalue weighted by atomic mass is 35.5. The molecule has 6 nitrogen and oxygen atoms in total. The zero-order chi connectivity index (χ0) is 20.4. The zero-order valence-electron chi connectivity index (χ0n) is 15.6. The van der Waals surface area contributed by atoms with Crippen LogP contribution < -0.4 is 16.4 Å². The largest absolute Gasteiger partial charge is 0.384 e. The number of nitrogens with zero attached hydrogens (tertiary/aromatic N) is 1. The van der Waals surface area contributed by atoms with E-state index >= 15 is 4.39 Å². The number of nitrogens with one attached hydrogen (secondary N) is 2. The van der Waals surface area contributed by atoms with Crippen molar-refractivity contribution in [3.8, 4) is 0 Å². The summed E-state index contributed by atoms with van der Waals surface area (Å²) in [7, 11) is 0. The average molecular weight is 405 g/mol. The molecule has 1 fully saturated rings. The van der Waals surface area contributed by atoms with Crippen LogP contribution in [0.4, 0.5) is 10.2 Å². The minimum atomic E-state index is -0.668. The lowest BCUT2D eigenvalue weighted by atomic mass is 9.95. The molecule has 0 radical (unpaired) electrons. The SMILES string of the molecule is CC[C@@H](N[C@H]1CC(=O)NC1C)c1ccc(Cl)c(C(=O)c2ccc(N)nc2)c1F. The number of carbonyl (C=O) groups is 2. The second-order valence-corrected chi connectivity index (χ2v) is 7.33. The number of carbonyl (C=O) groups excluding carboxylic acids is 2. The smallest absolute Gasteiger partial charge is 0.221 e. The van der Waals surface area contributed by atoms with Crippen molar-refractivity contribution in [2.24, 2.45) is 0 Å². The first-order chi connectivity index (χ1) is 13.3. The van der Waals surface area contributed by atoms with E-state index < -0.39 is 11.6 Å². The Balaban J connectivity index is 1.94. The fourth-order valence-corrected chi connectivity index (χ4v) is 3.64. The summed E-state index contributed by atoms with van der Waals surface area (Å²) in [4.78, 5) is 28.3. The van der Waals surface area contributed by atoms with Crippen LogP contribution in [0.2, 0.25) is 5.02 Å². The molecule has 1 unspecified atom stereocenters. The van der Waals surface area contributed by atoms with Gasteiger partial charge in [-0.25, -0.2) is 9.37 Å². The summed E-state index contributed by atoms with van der Waals surface area (Å²) in [6.45, 7) is 3.81. The van der Waals surface area contributed by atoms with Gasteiger partial charge in [-0.15, -0.1) is 0 Å². The molecular weight excluding hydrogens is 383 g/mol. The maximum absolute atomic E-state index is 15.4. The van der Waals surface area contributed by atoms with Crippen LogP contribution in [-0.2, 0) is 4.79 Å². The number of aromatic nitrogens is 1. The standard InChI is InChI=1S/C20H22ClFN4O2/c1-3-14(26-15-8-17(27)25-10(15)2)12-5-6-13(21)18(19(12)22)20(28)11-4-7-16(23)24-9-11/h4-7,9-10,14-15,26H,3,8H2,1-2H3,(H2,23,24)(H,25,27)/t10?,14-,15+/m1/s1. The van der Waals surface area contributed by atoms with Crippen LogP contribution in [0.25, 0.3) is 0 Å². The van der Waals surface area contributed by atoms with Gasteiger partial charge in [-0.05, 0) is 31.5 Å². The number of benzene rings is 1. The van der Waals surface area contributed by atoms with Gasteiger partial charge in [-0.2, -0.15) is 0 Å². The molecule has 0 aliphatic carbocycles. The molecule has 0 spiro atoms. The Morgan fingerprint density at radius 3 is 2.75 bits per heavy atom. The first-order valence-electron chi connectivity index (χ1n) is 9.11. The Morgan fingerprint density at radius 2 is 2.18 bits per heavy atom. The molecular formula is C20H22ClFN4O2. The lowest BCUT2D eigenvalue weighted by Crippen LogP contribution is -2.40. The Bertz CT molecular complexity index is 904. The van der Waals surface area contributed by atoms with Gasteiger partial charge in [-0.3, -0.25) is 9.59 Å². The number of rotatable bonds is 6. The molecule has 148 valence electrons. The summed E-state index contributed by atoms with van der Waals surface area (Å²) in [5.74, 6) is -1.000. The van der Waals surface area contributed by atoms with Gasteiger partial charge in [-0.1, -0.05) is 24.6 Å². The molecule has 1 amide bonds. The van der Waals surface area contributed by atoms with E-state index in [2.05, 4.69) is 15.6 Å². The van der Waals surface area contributed by atoms with Crippen LogP contribution in [0.5, 0.6) is 0 Å². The quantitative estimate of drug-likeness (QED) is 0.643. The zero-order valence-corrected chi connectivity index (χ0v) is 16.4. The van der Waals surface area contributed by atoms with Crippen LogP contribution in [0.1, 0.15) is 54.2 Å². The normalized spacial score (nSPS) is 20.1. The third-order valence-electron chi connectivity index (χ3n) is 4.99. The molecule has 2 heterocycles. The van der Waals surface area contributed by atoms with E-state index in [4.69, 9.17) is 17.3 Å². The molecule has 8 heteroatoms. The van der Waals surface area contributed by atoms with E-state index in [0.29, 0.717) is 18.4 Å². The van der Waals surface area contributed by atoms with Gasteiger partial charge in [0.2, 0.25) is 5.91 Å². The van der Waals surface area contributed by atoms with Crippen LogP contribution in [0.15, 0.2) is 30.5 Å². The fourth-order valence-electron chi connectivity index (χ4n) is 3.41. The highest BCUT2D eigenvalue weighted by Crippen LogP contribution is 2.30. The Hall–Kier alpha value is -2.51. The summed E-state index contributed by atoms with van der Waals surface area (Å²) < 4.78 is 15.4. The summed E-state index contributed by atoms with van der Waals surface area (Å²) in [5, 5.41) is 6.20. The van der Waals surface area contributed by atoms with Crippen molar-refractivity contribution < 1.29 is 14.0 Å². The molecule has 3 atom stereocenters. The van der Waals surface area contributed by atoms with E-state index in [1.165, 1.54) is 24.4 Å². The Labute approximate surface area is 167 Å². The van der Waals surface area contributed by atoms with Crippen molar-refractivity contribution in [3.05, 3.63) is 58.0 Å². The van der Waals surface area contributed by atoms with E-state index in [0.717, 1.165) is 0 Å². The molecule has 1 aliphatic heterocycles. The van der Waals surface area contributed by atoms with E-state index in [1.54, 1.807) is 6.07 Å². The van der Waals surface area contributed by atoms with Crippen molar-refractivity contribution in [2.75, 3.05) is 5.73 Å². The Morgan fingerprint density at radius 1 is 1.43 bits per heavy atom. The molecule has 1 aliphatic rings. The van der Waals surface area contributed by atoms with E-state index in [1.807, 2.05) is 13.8 Å². The van der Waals surface area contributed by atoms with Crippen LogP contribution in [0, 0.1) is 5.82 Å². The number of pyridine rings is 1. The van der Waals surface area contributed by atoms with Crippen molar-refractivity contribution in [2.45, 2.75) is 44.8 Å². The first kappa shape index (κ1) is 20.2. The lowest BCUT2D eigenvalue weighted by Gasteiger charge is -2.25. The number of anilines is 1. The average Bonchev–Trinajstić information content (AvgIpc) is 2.97. The third kappa shape index (κ3) is 4.00. The molecule has 2 aromatic rings. The second-order valence-electron chi connectivity index (χ2n) is 6.92. The van der Waals surface area contributed by atoms with Crippen molar-refractivity contribution >= 4 is 29.1 Å². The minimum Gasteiger partial charge on any atom is -0.384 e. The maximum Gasteiger partial charge on any atom is 0.221 e. The summed E-state index contributed by atoms with van der Waals surface area (Å²) in [5.41, 5.74) is 5.89. The molecule has 1 aromatic carbocycles. The van der Waals surface area contributed by atoms with Crippen molar-refractivity contribution in [1.82, 2.24) is 15.6 Å². The Kier molecular flexibility index (Phi) is 5.96. The summed E-state index contributed by atoms with van der Waals surface area (Å²) in [6.07, 6.45) is 2.20. The van der Waals surface area contributed by atoms with Crippen LogP contribution >= 0.6 is 11.6 Å². The fraction of sp³-hybridized carbons (Fsp3) is 0.350. The third-order valence-corrected chi connectivity index (χ3v) is 5.31. The minimum absolute atomic E-state index is 0.0315. The lowest BCUT2D eigenvalue weighted by molar-refractivity contribution is -0.119. The topological polar surface area (TPSA) is 97.1 Å². The highest BCUT2D eigenvalue weighted by Gasteiger charge is 2.32. The van der Waals surface area contributed by atoms with E-state index in [-0.39, 0.29) is 46.0 Å². The number of amides is 1.